The molecule has 0 radical (unpaired) electrons. The minimum atomic E-state index is -0.811. The maximum absolute atomic E-state index is 10.8. The van der Waals surface area contributed by atoms with Crippen LogP contribution in [0, 0.1) is 6.92 Å². The number of rotatable bonds is 3. The zero-order valence-electron chi connectivity index (χ0n) is 8.64. The second-order valence-corrected chi connectivity index (χ2v) is 4.06. The molecule has 82 valence electrons. The van der Waals surface area contributed by atoms with Gasteiger partial charge in [0.1, 0.15) is 0 Å². The molecule has 0 saturated carbocycles. The van der Waals surface area contributed by atoms with E-state index in [4.69, 9.17) is 9.84 Å². The van der Waals surface area contributed by atoms with Crippen LogP contribution in [0.25, 0.3) is 0 Å². The zero-order valence-corrected chi connectivity index (χ0v) is 8.64. The Morgan fingerprint density at radius 1 is 1.80 bits per heavy atom. The first-order valence-electron chi connectivity index (χ1n) is 4.94. The van der Waals surface area contributed by atoms with Crippen molar-refractivity contribution in [3.63, 3.8) is 0 Å². The molecule has 1 aliphatic rings. The first kappa shape index (κ1) is 10.2. The van der Waals surface area contributed by atoms with Gasteiger partial charge < -0.3 is 9.84 Å². The fourth-order valence-electron chi connectivity index (χ4n) is 1.95. The van der Waals surface area contributed by atoms with Gasteiger partial charge in [0.05, 0.1) is 24.8 Å². The topological polar surface area (TPSA) is 64.4 Å². The zero-order chi connectivity index (χ0) is 10.9. The van der Waals surface area contributed by atoms with Crippen LogP contribution in [0.3, 0.4) is 0 Å². The van der Waals surface area contributed by atoms with E-state index in [-0.39, 0.29) is 6.42 Å². The second kappa shape index (κ2) is 3.66. The van der Waals surface area contributed by atoms with Crippen molar-refractivity contribution in [3.05, 3.63) is 18.0 Å². The van der Waals surface area contributed by atoms with Crippen LogP contribution in [0.2, 0.25) is 0 Å². The lowest BCUT2D eigenvalue weighted by Crippen LogP contribution is -2.37. The number of aromatic nitrogens is 2. The molecule has 15 heavy (non-hydrogen) atoms. The van der Waals surface area contributed by atoms with Gasteiger partial charge in [0.15, 0.2) is 0 Å². The summed E-state index contributed by atoms with van der Waals surface area (Å²) in [6.45, 7) is 2.97. The van der Waals surface area contributed by atoms with E-state index in [9.17, 15) is 4.79 Å². The van der Waals surface area contributed by atoms with Crippen molar-refractivity contribution < 1.29 is 14.6 Å². The average Bonchev–Trinajstić information content (AvgIpc) is 2.73. The SMILES string of the molecule is Cc1cnn(C2(CC(=O)O)CCOC2)c1. The minimum Gasteiger partial charge on any atom is -0.481 e. The van der Waals surface area contributed by atoms with Crippen molar-refractivity contribution in [2.45, 2.75) is 25.3 Å². The second-order valence-electron chi connectivity index (χ2n) is 4.06. The maximum atomic E-state index is 10.8. The first-order valence-corrected chi connectivity index (χ1v) is 4.94. The summed E-state index contributed by atoms with van der Waals surface area (Å²) in [5.74, 6) is -0.811. The Balaban J connectivity index is 2.29. The molecule has 0 spiro atoms. The van der Waals surface area contributed by atoms with Gasteiger partial charge in [-0.3, -0.25) is 9.48 Å². The van der Waals surface area contributed by atoms with Gasteiger partial charge >= 0.3 is 5.97 Å². The molecule has 2 rings (SSSR count). The van der Waals surface area contributed by atoms with Crippen LogP contribution in [0.5, 0.6) is 0 Å². The molecular weight excluding hydrogens is 196 g/mol. The highest BCUT2D eigenvalue weighted by molar-refractivity contribution is 5.68. The molecule has 0 aromatic carbocycles. The number of hydrogen-bond donors (Lipinski definition) is 1. The molecule has 2 heterocycles. The van der Waals surface area contributed by atoms with Gasteiger partial charge in [0, 0.05) is 12.8 Å². The van der Waals surface area contributed by atoms with E-state index in [1.807, 2.05) is 13.1 Å². The van der Waals surface area contributed by atoms with Crippen LogP contribution in [0.15, 0.2) is 12.4 Å². The summed E-state index contributed by atoms with van der Waals surface area (Å²) in [5.41, 5.74) is 0.548. The van der Waals surface area contributed by atoms with E-state index in [0.29, 0.717) is 19.6 Å². The van der Waals surface area contributed by atoms with Gasteiger partial charge in [-0.05, 0) is 18.9 Å². The number of aryl methyl sites for hydroxylation is 1. The normalized spacial score (nSPS) is 25.7. The molecule has 0 amide bonds. The monoisotopic (exact) mass is 210 g/mol. The standard InChI is InChI=1S/C10H14N2O3/c1-8-5-11-12(6-8)10(4-9(13)14)2-3-15-7-10/h5-6H,2-4,7H2,1H3,(H,13,14). The molecule has 5 nitrogen and oxygen atoms in total. The average molecular weight is 210 g/mol. The number of carboxylic acids is 1. The highest BCUT2D eigenvalue weighted by Gasteiger charge is 2.39. The van der Waals surface area contributed by atoms with Crippen LogP contribution < -0.4 is 0 Å². The van der Waals surface area contributed by atoms with E-state index >= 15 is 0 Å². The Hall–Kier alpha value is -1.36. The minimum absolute atomic E-state index is 0.0636. The molecule has 1 N–H and O–H groups in total. The molecule has 1 fully saturated rings. The molecule has 1 aromatic rings. The summed E-state index contributed by atoms with van der Waals surface area (Å²) in [6, 6.07) is 0. The summed E-state index contributed by atoms with van der Waals surface area (Å²) in [7, 11) is 0. The first-order chi connectivity index (χ1) is 7.12. The molecule has 0 bridgehead atoms. The molecule has 1 unspecified atom stereocenters. The molecule has 1 aliphatic heterocycles. The number of carbonyl (C=O) groups is 1. The summed E-state index contributed by atoms with van der Waals surface area (Å²) in [4.78, 5) is 10.8. The van der Waals surface area contributed by atoms with E-state index in [1.54, 1.807) is 10.9 Å². The third kappa shape index (κ3) is 1.87. The van der Waals surface area contributed by atoms with E-state index in [1.165, 1.54) is 0 Å². The van der Waals surface area contributed by atoms with E-state index in [2.05, 4.69) is 5.10 Å². The van der Waals surface area contributed by atoms with Crippen molar-refractivity contribution in [3.8, 4) is 0 Å². The molecule has 1 aromatic heterocycles. The molecule has 0 aliphatic carbocycles. The predicted molar refractivity (Wildman–Crippen MR) is 52.6 cm³/mol. The van der Waals surface area contributed by atoms with Crippen molar-refractivity contribution in [1.29, 1.82) is 0 Å². The number of hydrogen-bond acceptors (Lipinski definition) is 3. The van der Waals surface area contributed by atoms with Crippen LogP contribution in [-0.2, 0) is 15.1 Å². The highest BCUT2D eigenvalue weighted by atomic mass is 16.5. The van der Waals surface area contributed by atoms with Gasteiger partial charge in [-0.1, -0.05) is 0 Å². The smallest absolute Gasteiger partial charge is 0.305 e. The Morgan fingerprint density at radius 3 is 3.07 bits per heavy atom. The van der Waals surface area contributed by atoms with E-state index in [0.717, 1.165) is 5.56 Å². The Labute approximate surface area is 87.7 Å². The molecule has 5 heteroatoms. The lowest BCUT2D eigenvalue weighted by Gasteiger charge is -2.25. The predicted octanol–water partition coefficient (Wildman–Crippen LogP) is 0.782. The quantitative estimate of drug-likeness (QED) is 0.800. The summed E-state index contributed by atoms with van der Waals surface area (Å²) in [5, 5.41) is 13.1. The van der Waals surface area contributed by atoms with Crippen molar-refractivity contribution in [2.75, 3.05) is 13.2 Å². The van der Waals surface area contributed by atoms with Gasteiger partial charge in [-0.25, -0.2) is 0 Å². The Kier molecular flexibility index (Phi) is 2.48. The lowest BCUT2D eigenvalue weighted by molar-refractivity contribution is -0.139. The summed E-state index contributed by atoms with van der Waals surface area (Å²) >= 11 is 0. The summed E-state index contributed by atoms with van der Waals surface area (Å²) in [6.07, 6.45) is 4.38. The van der Waals surface area contributed by atoms with Crippen LogP contribution in [-0.4, -0.2) is 34.1 Å². The van der Waals surface area contributed by atoms with Gasteiger partial charge in [0.25, 0.3) is 0 Å². The Morgan fingerprint density at radius 2 is 2.60 bits per heavy atom. The van der Waals surface area contributed by atoms with Crippen LogP contribution >= 0.6 is 0 Å². The van der Waals surface area contributed by atoms with E-state index < -0.39 is 11.5 Å². The van der Waals surface area contributed by atoms with Crippen LogP contribution in [0.1, 0.15) is 18.4 Å². The largest absolute Gasteiger partial charge is 0.481 e. The highest BCUT2D eigenvalue weighted by Crippen LogP contribution is 2.30. The third-order valence-electron chi connectivity index (χ3n) is 2.76. The molecule has 1 atom stereocenters. The van der Waals surface area contributed by atoms with Crippen molar-refractivity contribution in [2.24, 2.45) is 0 Å². The lowest BCUT2D eigenvalue weighted by atomic mass is 9.95. The number of ether oxygens (including phenoxy) is 1. The fourth-order valence-corrected chi connectivity index (χ4v) is 1.95. The van der Waals surface area contributed by atoms with Crippen molar-refractivity contribution in [1.82, 2.24) is 9.78 Å². The number of carboxylic acid groups (broad SMARTS) is 1. The van der Waals surface area contributed by atoms with Gasteiger partial charge in [-0.2, -0.15) is 5.10 Å². The van der Waals surface area contributed by atoms with Crippen molar-refractivity contribution >= 4 is 5.97 Å². The van der Waals surface area contributed by atoms with Gasteiger partial charge in [-0.15, -0.1) is 0 Å². The molecule has 1 saturated heterocycles. The number of nitrogens with zero attached hydrogens (tertiary/aromatic N) is 2. The van der Waals surface area contributed by atoms with Crippen LogP contribution in [0.4, 0.5) is 0 Å². The molecular formula is C10H14N2O3. The third-order valence-corrected chi connectivity index (χ3v) is 2.76. The fraction of sp³-hybridized carbons (Fsp3) is 0.600. The maximum Gasteiger partial charge on any atom is 0.305 e. The summed E-state index contributed by atoms with van der Waals surface area (Å²) < 4.78 is 7.04. The Bertz CT molecular complexity index is 366. The number of aliphatic carboxylic acids is 1. The van der Waals surface area contributed by atoms with Gasteiger partial charge in [0.2, 0.25) is 0 Å².